The third-order valence-electron chi connectivity index (χ3n) is 4.92. The highest BCUT2D eigenvalue weighted by atomic mass is 32.2. The Morgan fingerprint density at radius 3 is 2.96 bits per heavy atom. The fourth-order valence-electron chi connectivity index (χ4n) is 3.91. The summed E-state index contributed by atoms with van der Waals surface area (Å²) in [4.78, 5) is 27.1. The molecule has 1 unspecified atom stereocenters. The second-order valence-electron chi connectivity index (χ2n) is 6.20. The van der Waals surface area contributed by atoms with Gasteiger partial charge in [0.1, 0.15) is 5.70 Å². The Morgan fingerprint density at radius 1 is 1.52 bits per heavy atom. The largest absolute Gasteiger partial charge is 0.477 e. The first-order valence-corrected chi connectivity index (χ1v) is 8.38. The summed E-state index contributed by atoms with van der Waals surface area (Å²) in [6.07, 6.45) is 2.43. The van der Waals surface area contributed by atoms with E-state index in [-0.39, 0.29) is 17.1 Å². The van der Waals surface area contributed by atoms with E-state index >= 15 is 0 Å². The average Bonchev–Trinajstić information content (AvgIpc) is 2.95. The number of aliphatic carboxylic acids is 1. The summed E-state index contributed by atoms with van der Waals surface area (Å²) in [6, 6.07) is 0.523. The minimum Gasteiger partial charge on any atom is -0.477 e. The molecule has 8 nitrogen and oxygen atoms in total. The lowest BCUT2D eigenvalue weighted by Crippen LogP contribution is -2.68. The zero-order valence-electron chi connectivity index (χ0n) is 12.9. The molecule has 0 spiro atoms. The SMILES string of the molecule is Cn1nc[n+](C)c1C(=O)SC1=C(C(=O)O)N2C[C@@H]3NCCC1[C@H]32. The number of carbonyl (C=O) groups is 2. The van der Waals surface area contributed by atoms with E-state index in [2.05, 4.69) is 10.4 Å². The Bertz CT molecular complexity index is 723. The normalized spacial score (nSPS) is 28.6. The standard InChI is InChI=1S/C14H17N5O3S/c1-17-6-16-18(2)12(17)14(22)23-11-7-3-4-15-8-5-19(9(7)8)10(11)13(20)21/h6-9,15H,3-5H2,1-2H3/p+1/t7?,8-,9+/m0/s1. The van der Waals surface area contributed by atoms with Gasteiger partial charge in [-0.3, -0.25) is 4.79 Å². The summed E-state index contributed by atoms with van der Waals surface area (Å²) in [5, 5.41) is 16.9. The molecule has 0 aromatic carbocycles. The van der Waals surface area contributed by atoms with Crippen molar-refractivity contribution in [2.75, 3.05) is 13.1 Å². The van der Waals surface area contributed by atoms with Crippen LogP contribution >= 0.6 is 11.8 Å². The Labute approximate surface area is 137 Å². The van der Waals surface area contributed by atoms with Gasteiger partial charge < -0.3 is 15.3 Å². The molecule has 122 valence electrons. The Morgan fingerprint density at radius 2 is 2.30 bits per heavy atom. The Kier molecular flexibility index (Phi) is 3.24. The highest BCUT2D eigenvalue weighted by molar-refractivity contribution is 8.17. The zero-order valence-corrected chi connectivity index (χ0v) is 13.7. The monoisotopic (exact) mass is 336 g/mol. The lowest BCUT2D eigenvalue weighted by atomic mass is 9.83. The molecular formula is C14H18N5O3S+. The number of nitrogens with one attached hydrogen (secondary N) is 1. The smallest absolute Gasteiger partial charge is 0.353 e. The number of aromatic nitrogens is 3. The molecule has 3 atom stereocenters. The van der Waals surface area contributed by atoms with E-state index in [1.165, 1.54) is 4.68 Å². The Balaban J connectivity index is 1.68. The topological polar surface area (TPSA) is 91.3 Å². The highest BCUT2D eigenvalue weighted by Gasteiger charge is 2.55. The van der Waals surface area contributed by atoms with Crippen molar-refractivity contribution in [2.45, 2.75) is 18.5 Å². The van der Waals surface area contributed by atoms with E-state index in [4.69, 9.17) is 0 Å². The maximum absolute atomic E-state index is 12.7. The van der Waals surface area contributed by atoms with E-state index in [9.17, 15) is 14.7 Å². The predicted molar refractivity (Wildman–Crippen MR) is 81.4 cm³/mol. The summed E-state index contributed by atoms with van der Waals surface area (Å²) in [7, 11) is 3.47. The maximum atomic E-state index is 12.7. The number of piperidine rings is 1. The van der Waals surface area contributed by atoms with Gasteiger partial charge in [0.2, 0.25) is 0 Å². The molecule has 2 saturated heterocycles. The van der Waals surface area contributed by atoms with Crippen LogP contribution in [0.5, 0.6) is 0 Å². The zero-order chi connectivity index (χ0) is 16.3. The van der Waals surface area contributed by atoms with E-state index in [1.807, 2.05) is 4.90 Å². The molecule has 4 heterocycles. The number of aryl methyl sites for hydroxylation is 2. The number of hydrogen-bond donors (Lipinski definition) is 2. The quantitative estimate of drug-likeness (QED) is 0.691. The van der Waals surface area contributed by atoms with Crippen LogP contribution in [0.2, 0.25) is 0 Å². The van der Waals surface area contributed by atoms with Crippen LogP contribution in [0.15, 0.2) is 16.9 Å². The van der Waals surface area contributed by atoms with Gasteiger partial charge in [0, 0.05) is 28.5 Å². The van der Waals surface area contributed by atoms with Gasteiger partial charge in [-0.2, -0.15) is 0 Å². The van der Waals surface area contributed by atoms with Crippen molar-refractivity contribution in [1.82, 2.24) is 20.0 Å². The molecule has 9 heteroatoms. The predicted octanol–water partition coefficient (Wildman–Crippen LogP) is -0.910. The number of hydrogen-bond acceptors (Lipinski definition) is 6. The van der Waals surface area contributed by atoms with Crippen molar-refractivity contribution >= 4 is 22.8 Å². The van der Waals surface area contributed by atoms with Gasteiger partial charge in [-0.15, -0.1) is 4.68 Å². The minimum absolute atomic E-state index is 0.133. The molecule has 4 rings (SSSR count). The summed E-state index contributed by atoms with van der Waals surface area (Å²) >= 11 is 1.05. The second kappa shape index (κ2) is 5.07. The average molecular weight is 336 g/mol. The van der Waals surface area contributed by atoms with Gasteiger partial charge >= 0.3 is 11.8 Å². The Hall–Kier alpha value is -1.87. The molecule has 0 saturated carbocycles. The fourth-order valence-corrected chi connectivity index (χ4v) is 5.19. The van der Waals surface area contributed by atoms with Crippen LogP contribution in [0, 0.1) is 5.92 Å². The van der Waals surface area contributed by atoms with Crippen molar-refractivity contribution in [2.24, 2.45) is 20.0 Å². The van der Waals surface area contributed by atoms with E-state index in [1.54, 1.807) is 25.0 Å². The molecule has 23 heavy (non-hydrogen) atoms. The van der Waals surface area contributed by atoms with Gasteiger partial charge in [-0.1, -0.05) is 0 Å². The first-order chi connectivity index (χ1) is 11.0. The number of rotatable bonds is 3. The van der Waals surface area contributed by atoms with Gasteiger partial charge in [-0.05, 0) is 24.7 Å². The lowest BCUT2D eigenvalue weighted by Gasteiger charge is -2.51. The van der Waals surface area contributed by atoms with Crippen LogP contribution < -0.4 is 9.88 Å². The summed E-state index contributed by atoms with van der Waals surface area (Å²) < 4.78 is 3.18. The molecular weight excluding hydrogens is 318 g/mol. The van der Waals surface area contributed by atoms with E-state index in [0.717, 1.165) is 24.7 Å². The number of carboxylic acids is 1. The molecule has 3 aliphatic heterocycles. The first-order valence-electron chi connectivity index (χ1n) is 7.56. The molecule has 1 aromatic rings. The van der Waals surface area contributed by atoms with Crippen LogP contribution in [-0.4, -0.2) is 56.0 Å². The first kappa shape index (κ1) is 14.7. The number of thioether (sulfide) groups is 1. The van der Waals surface area contributed by atoms with Crippen LogP contribution in [0.1, 0.15) is 17.0 Å². The van der Waals surface area contributed by atoms with Crippen molar-refractivity contribution in [3.63, 3.8) is 0 Å². The van der Waals surface area contributed by atoms with E-state index in [0.29, 0.717) is 29.0 Å². The van der Waals surface area contributed by atoms with Gasteiger partial charge in [-0.25, -0.2) is 9.36 Å². The van der Waals surface area contributed by atoms with Crippen molar-refractivity contribution in [1.29, 1.82) is 0 Å². The molecule has 0 aliphatic carbocycles. The molecule has 3 aliphatic rings. The highest BCUT2D eigenvalue weighted by Crippen LogP contribution is 2.49. The van der Waals surface area contributed by atoms with Gasteiger partial charge in [0.15, 0.2) is 0 Å². The third kappa shape index (κ3) is 2.03. The van der Waals surface area contributed by atoms with Crippen LogP contribution in [0.25, 0.3) is 0 Å². The molecule has 0 radical (unpaired) electrons. The van der Waals surface area contributed by atoms with Crippen LogP contribution in [-0.2, 0) is 18.9 Å². The summed E-state index contributed by atoms with van der Waals surface area (Å²) in [5.41, 5.74) is 0.308. The van der Waals surface area contributed by atoms with Gasteiger partial charge in [0.25, 0.3) is 11.4 Å². The van der Waals surface area contributed by atoms with Crippen molar-refractivity contribution in [3.8, 4) is 0 Å². The minimum atomic E-state index is -0.942. The number of carbonyl (C=O) groups excluding carboxylic acids is 1. The molecule has 0 bridgehead atoms. The van der Waals surface area contributed by atoms with Gasteiger partial charge in [0.05, 0.1) is 20.1 Å². The number of carboxylic acid groups (broad SMARTS) is 1. The molecule has 2 N–H and O–H groups in total. The maximum Gasteiger partial charge on any atom is 0.353 e. The summed E-state index contributed by atoms with van der Waals surface area (Å²) in [6.45, 7) is 1.57. The molecule has 1 aromatic heterocycles. The van der Waals surface area contributed by atoms with Crippen molar-refractivity contribution in [3.05, 3.63) is 22.8 Å². The van der Waals surface area contributed by atoms with Crippen LogP contribution in [0.4, 0.5) is 0 Å². The third-order valence-corrected chi connectivity index (χ3v) is 6.01. The number of nitrogens with zero attached hydrogens (tertiary/aromatic N) is 4. The van der Waals surface area contributed by atoms with Crippen molar-refractivity contribution < 1.29 is 19.3 Å². The van der Waals surface area contributed by atoms with E-state index < -0.39 is 5.97 Å². The lowest BCUT2D eigenvalue weighted by molar-refractivity contribution is -0.673. The summed E-state index contributed by atoms with van der Waals surface area (Å²) in [5.74, 6) is -0.358. The molecule has 2 fully saturated rings. The molecule has 0 amide bonds. The second-order valence-corrected chi connectivity index (χ2v) is 7.21. The van der Waals surface area contributed by atoms with Crippen LogP contribution in [0.3, 0.4) is 0 Å². The fraction of sp³-hybridized carbons (Fsp3) is 0.571.